The largest absolute Gasteiger partial charge is 0.462 e. The lowest BCUT2D eigenvalue weighted by atomic mass is 9.95. The zero-order valence-electron chi connectivity index (χ0n) is 12.5. The van der Waals surface area contributed by atoms with Crippen molar-refractivity contribution < 1.29 is 19.1 Å². The van der Waals surface area contributed by atoms with E-state index >= 15 is 0 Å². The second kappa shape index (κ2) is 7.92. The second-order valence-electron chi connectivity index (χ2n) is 6.14. The summed E-state index contributed by atoms with van der Waals surface area (Å²) in [6.07, 6.45) is 1.50. The summed E-state index contributed by atoms with van der Waals surface area (Å²) in [6.45, 7) is 10.1. The SMILES string of the molecule is CC(C)(C)OC=O.CC(C)CC1CC(=O)CC(=O)N1. The minimum Gasteiger partial charge on any atom is -0.462 e. The molecule has 0 radical (unpaired) electrons. The van der Waals surface area contributed by atoms with Crippen LogP contribution in [0.5, 0.6) is 0 Å². The number of carbonyl (C=O) groups excluding carboxylic acids is 3. The van der Waals surface area contributed by atoms with Gasteiger partial charge in [-0.3, -0.25) is 14.4 Å². The van der Waals surface area contributed by atoms with Gasteiger partial charge >= 0.3 is 0 Å². The van der Waals surface area contributed by atoms with Crippen LogP contribution in [0, 0.1) is 5.92 Å². The molecular weight excluding hydrogens is 246 g/mol. The number of piperidine rings is 1. The van der Waals surface area contributed by atoms with Crippen LogP contribution >= 0.6 is 0 Å². The fraction of sp³-hybridized carbons (Fsp3) is 0.786. The standard InChI is InChI=1S/C9H15NO2.C5H10O2/c1-6(2)3-7-4-8(11)5-9(12)10-7;1-5(2,3)7-4-6/h6-7H,3-5H2,1-2H3,(H,10,12);4H,1-3H3. The highest BCUT2D eigenvalue weighted by atomic mass is 16.5. The zero-order valence-corrected chi connectivity index (χ0v) is 12.5. The lowest BCUT2D eigenvalue weighted by Gasteiger charge is -2.23. The van der Waals surface area contributed by atoms with Gasteiger partial charge in [-0.05, 0) is 33.1 Å². The fourth-order valence-electron chi connectivity index (χ4n) is 1.71. The Morgan fingerprint density at radius 2 is 1.95 bits per heavy atom. The number of nitrogens with one attached hydrogen (secondary N) is 1. The van der Waals surface area contributed by atoms with E-state index in [-0.39, 0.29) is 29.8 Å². The zero-order chi connectivity index (χ0) is 15.1. The van der Waals surface area contributed by atoms with Crippen LogP contribution in [0.25, 0.3) is 0 Å². The molecule has 1 N–H and O–H groups in total. The molecule has 0 spiro atoms. The van der Waals surface area contributed by atoms with E-state index in [1.807, 2.05) is 20.8 Å². The predicted octanol–water partition coefficient (Wildman–Crippen LogP) is 1.84. The molecule has 5 heteroatoms. The summed E-state index contributed by atoms with van der Waals surface area (Å²) in [6, 6.07) is 0.0822. The topological polar surface area (TPSA) is 72.5 Å². The predicted molar refractivity (Wildman–Crippen MR) is 72.5 cm³/mol. The fourth-order valence-corrected chi connectivity index (χ4v) is 1.71. The first kappa shape index (κ1) is 17.6. The summed E-state index contributed by atoms with van der Waals surface area (Å²) in [5.41, 5.74) is -0.318. The number of rotatable bonds is 3. The first-order chi connectivity index (χ1) is 8.64. The molecule has 1 rings (SSSR count). The Morgan fingerprint density at radius 3 is 2.26 bits per heavy atom. The van der Waals surface area contributed by atoms with Crippen LogP contribution in [0.15, 0.2) is 0 Å². The average Bonchev–Trinajstić information content (AvgIpc) is 2.12. The first-order valence-electron chi connectivity index (χ1n) is 6.56. The molecule has 5 nitrogen and oxygen atoms in total. The minimum absolute atomic E-state index is 0.0735. The number of carbonyl (C=O) groups is 3. The van der Waals surface area contributed by atoms with E-state index in [4.69, 9.17) is 0 Å². The van der Waals surface area contributed by atoms with Crippen molar-refractivity contribution in [3.05, 3.63) is 0 Å². The molecular formula is C14H25NO4. The molecule has 0 bridgehead atoms. The number of hydrogen-bond acceptors (Lipinski definition) is 4. The summed E-state index contributed by atoms with van der Waals surface area (Å²) < 4.78 is 4.55. The lowest BCUT2D eigenvalue weighted by molar-refractivity contribution is -0.138. The van der Waals surface area contributed by atoms with Crippen molar-refractivity contribution in [3.63, 3.8) is 0 Å². The van der Waals surface area contributed by atoms with Crippen molar-refractivity contribution in [3.8, 4) is 0 Å². The molecule has 1 saturated heterocycles. The van der Waals surface area contributed by atoms with Gasteiger partial charge in [-0.15, -0.1) is 0 Å². The van der Waals surface area contributed by atoms with Gasteiger partial charge in [-0.25, -0.2) is 0 Å². The van der Waals surface area contributed by atoms with E-state index in [1.165, 1.54) is 0 Å². The Labute approximate surface area is 115 Å². The molecule has 0 aromatic heterocycles. The van der Waals surface area contributed by atoms with Crippen LogP contribution in [0.3, 0.4) is 0 Å². The monoisotopic (exact) mass is 271 g/mol. The van der Waals surface area contributed by atoms with Crippen LogP contribution < -0.4 is 5.32 Å². The molecule has 19 heavy (non-hydrogen) atoms. The molecule has 0 aliphatic carbocycles. The van der Waals surface area contributed by atoms with Crippen LogP contribution in [0.2, 0.25) is 0 Å². The Balaban J connectivity index is 0.000000399. The highest BCUT2D eigenvalue weighted by Gasteiger charge is 2.24. The molecule has 1 aliphatic rings. The Morgan fingerprint density at radius 1 is 1.37 bits per heavy atom. The molecule has 1 amide bonds. The molecule has 1 fully saturated rings. The van der Waals surface area contributed by atoms with E-state index in [9.17, 15) is 14.4 Å². The van der Waals surface area contributed by atoms with Crippen molar-refractivity contribution in [1.29, 1.82) is 0 Å². The Bertz CT molecular complexity index is 302. The van der Waals surface area contributed by atoms with Crippen LogP contribution in [0.4, 0.5) is 0 Å². The number of hydrogen-bond donors (Lipinski definition) is 1. The summed E-state index contributed by atoms with van der Waals surface area (Å²) in [4.78, 5) is 31.5. The van der Waals surface area contributed by atoms with E-state index in [0.717, 1.165) is 6.42 Å². The normalized spacial score (nSPS) is 19.4. The Hall–Kier alpha value is -1.39. The van der Waals surface area contributed by atoms with Gasteiger partial charge in [0, 0.05) is 12.5 Å². The van der Waals surface area contributed by atoms with E-state index in [1.54, 1.807) is 0 Å². The molecule has 1 aliphatic heterocycles. The van der Waals surface area contributed by atoms with Gasteiger partial charge in [0.25, 0.3) is 6.47 Å². The molecule has 1 unspecified atom stereocenters. The van der Waals surface area contributed by atoms with E-state index in [0.29, 0.717) is 18.8 Å². The third kappa shape index (κ3) is 10.2. The van der Waals surface area contributed by atoms with E-state index in [2.05, 4.69) is 23.9 Å². The first-order valence-corrected chi connectivity index (χ1v) is 6.56. The van der Waals surface area contributed by atoms with Gasteiger partial charge in [-0.2, -0.15) is 0 Å². The van der Waals surface area contributed by atoms with Crippen molar-refractivity contribution in [2.24, 2.45) is 5.92 Å². The number of Topliss-reactive ketones (excluding diaryl/α,β-unsaturated/α-hetero) is 1. The van der Waals surface area contributed by atoms with Crippen molar-refractivity contribution in [2.45, 2.75) is 65.5 Å². The number of ketones is 1. The minimum atomic E-state index is -0.318. The Kier molecular flexibility index (Phi) is 7.34. The molecule has 1 atom stereocenters. The van der Waals surface area contributed by atoms with Gasteiger partial charge in [0.2, 0.25) is 5.91 Å². The van der Waals surface area contributed by atoms with Gasteiger partial charge in [0.15, 0.2) is 0 Å². The average molecular weight is 271 g/mol. The van der Waals surface area contributed by atoms with Crippen molar-refractivity contribution in [1.82, 2.24) is 5.32 Å². The summed E-state index contributed by atoms with van der Waals surface area (Å²) in [5, 5.41) is 2.82. The molecule has 110 valence electrons. The molecule has 0 aromatic carbocycles. The van der Waals surface area contributed by atoms with Gasteiger partial charge in [0.05, 0.1) is 6.42 Å². The summed E-state index contributed by atoms with van der Waals surface area (Å²) in [7, 11) is 0. The lowest BCUT2D eigenvalue weighted by Crippen LogP contribution is -2.43. The van der Waals surface area contributed by atoms with Crippen LogP contribution in [-0.2, 0) is 19.1 Å². The van der Waals surface area contributed by atoms with Gasteiger partial charge in [0.1, 0.15) is 11.4 Å². The van der Waals surface area contributed by atoms with Gasteiger partial charge in [-0.1, -0.05) is 13.8 Å². The maximum atomic E-state index is 11.0. The quantitative estimate of drug-likeness (QED) is 0.628. The summed E-state index contributed by atoms with van der Waals surface area (Å²) in [5.74, 6) is 0.488. The summed E-state index contributed by atoms with van der Waals surface area (Å²) >= 11 is 0. The van der Waals surface area contributed by atoms with Crippen molar-refractivity contribution >= 4 is 18.2 Å². The van der Waals surface area contributed by atoms with Crippen LogP contribution in [0.1, 0.15) is 53.9 Å². The smallest absolute Gasteiger partial charge is 0.293 e. The second-order valence-corrected chi connectivity index (χ2v) is 6.14. The van der Waals surface area contributed by atoms with Crippen LogP contribution in [-0.4, -0.2) is 29.8 Å². The van der Waals surface area contributed by atoms with E-state index < -0.39 is 0 Å². The highest BCUT2D eigenvalue weighted by Crippen LogP contribution is 2.12. The maximum absolute atomic E-state index is 11.0. The highest BCUT2D eigenvalue weighted by molar-refractivity contribution is 6.00. The van der Waals surface area contributed by atoms with Crippen molar-refractivity contribution in [2.75, 3.05) is 0 Å². The maximum Gasteiger partial charge on any atom is 0.293 e. The van der Waals surface area contributed by atoms with Gasteiger partial charge < -0.3 is 10.1 Å². The molecule has 0 saturated carbocycles. The number of ether oxygens (including phenoxy) is 1. The molecule has 1 heterocycles. The number of amides is 1. The third-order valence-corrected chi connectivity index (χ3v) is 2.35. The third-order valence-electron chi connectivity index (χ3n) is 2.35. The molecule has 0 aromatic rings.